The van der Waals surface area contributed by atoms with Gasteiger partial charge in [0.25, 0.3) is 5.91 Å². The number of amides is 1. The highest BCUT2D eigenvalue weighted by Crippen LogP contribution is 2.22. The lowest BCUT2D eigenvalue weighted by atomic mass is 10.0. The van der Waals surface area contributed by atoms with Crippen LogP contribution in [0.2, 0.25) is 0 Å². The van der Waals surface area contributed by atoms with Crippen molar-refractivity contribution in [2.45, 2.75) is 26.7 Å². The summed E-state index contributed by atoms with van der Waals surface area (Å²) in [6.45, 7) is 7.10. The molecule has 0 atom stereocenters. The van der Waals surface area contributed by atoms with Crippen LogP contribution in [0.4, 0.5) is 5.69 Å². The molecule has 0 unspecified atom stereocenters. The predicted octanol–water partition coefficient (Wildman–Crippen LogP) is 2.45. The van der Waals surface area contributed by atoms with Crippen LogP contribution >= 0.6 is 0 Å². The van der Waals surface area contributed by atoms with Crippen molar-refractivity contribution in [3.8, 4) is 0 Å². The van der Waals surface area contributed by atoms with Crippen LogP contribution in [0.15, 0.2) is 18.2 Å². The minimum absolute atomic E-state index is 0.0217. The summed E-state index contributed by atoms with van der Waals surface area (Å²) in [7, 11) is 0. The molecule has 4 nitrogen and oxygen atoms in total. The number of nitrogens with one attached hydrogen (secondary N) is 2. The lowest BCUT2D eigenvalue weighted by Crippen LogP contribution is -2.28. The molecule has 1 heterocycles. The van der Waals surface area contributed by atoms with Gasteiger partial charge in [-0.1, -0.05) is 13.8 Å². The number of carbonyl (C=O) groups excluding carboxylic acids is 1. The van der Waals surface area contributed by atoms with Crippen LogP contribution in [0.3, 0.4) is 0 Å². The van der Waals surface area contributed by atoms with Gasteiger partial charge in [-0.2, -0.15) is 0 Å². The number of hydrogen-bond acceptors (Lipinski definition) is 3. The van der Waals surface area contributed by atoms with E-state index in [1.807, 2.05) is 18.2 Å². The summed E-state index contributed by atoms with van der Waals surface area (Å²) in [6, 6.07) is 5.87. The van der Waals surface area contributed by atoms with E-state index in [4.69, 9.17) is 4.74 Å². The fourth-order valence-corrected chi connectivity index (χ4v) is 2.27. The van der Waals surface area contributed by atoms with Gasteiger partial charge < -0.3 is 15.4 Å². The Morgan fingerprint density at radius 3 is 3.10 bits per heavy atom. The van der Waals surface area contributed by atoms with Crippen molar-refractivity contribution in [1.29, 1.82) is 0 Å². The highest BCUT2D eigenvalue weighted by molar-refractivity contribution is 5.94. The number of aryl methyl sites for hydroxylation is 1. The van der Waals surface area contributed by atoms with Gasteiger partial charge in [-0.25, -0.2) is 0 Å². The molecule has 0 saturated heterocycles. The summed E-state index contributed by atoms with van der Waals surface area (Å²) in [5.41, 5.74) is 3.13. The largest absolute Gasteiger partial charge is 0.385 e. The van der Waals surface area contributed by atoms with Gasteiger partial charge in [0, 0.05) is 30.9 Å². The Balaban J connectivity index is 1.80. The molecule has 4 heteroatoms. The summed E-state index contributed by atoms with van der Waals surface area (Å²) in [5.74, 6) is 0.505. The van der Waals surface area contributed by atoms with E-state index < -0.39 is 0 Å². The van der Waals surface area contributed by atoms with Gasteiger partial charge in [0.2, 0.25) is 0 Å². The first-order valence-corrected chi connectivity index (χ1v) is 7.39. The summed E-state index contributed by atoms with van der Waals surface area (Å²) in [4.78, 5) is 12.0. The molecule has 110 valence electrons. The predicted molar refractivity (Wildman–Crippen MR) is 81.2 cm³/mol. The maximum Gasteiger partial charge on any atom is 0.251 e. The molecule has 2 N–H and O–H groups in total. The zero-order valence-corrected chi connectivity index (χ0v) is 12.4. The first-order chi connectivity index (χ1) is 9.66. The smallest absolute Gasteiger partial charge is 0.251 e. The van der Waals surface area contributed by atoms with E-state index in [1.165, 1.54) is 5.56 Å². The van der Waals surface area contributed by atoms with E-state index in [2.05, 4.69) is 24.5 Å². The molecule has 1 aliphatic heterocycles. The summed E-state index contributed by atoms with van der Waals surface area (Å²) in [6.07, 6.45) is 2.17. The second-order valence-corrected chi connectivity index (χ2v) is 5.63. The van der Waals surface area contributed by atoms with Crippen LogP contribution in [0.1, 0.15) is 36.2 Å². The topological polar surface area (TPSA) is 50.4 Å². The number of anilines is 1. The average Bonchev–Trinajstić information content (AvgIpc) is 2.46. The highest BCUT2D eigenvalue weighted by atomic mass is 16.5. The Morgan fingerprint density at radius 2 is 2.30 bits per heavy atom. The standard InChI is InChI=1S/C16H24N2O2/c1-12(2)11-20-9-8-18-16(19)14-5-6-15-13(10-14)4-3-7-17-15/h5-6,10,12,17H,3-4,7-9,11H2,1-2H3,(H,18,19). The van der Waals surface area contributed by atoms with E-state index in [0.29, 0.717) is 19.1 Å². The molecular weight excluding hydrogens is 252 g/mol. The Bertz CT molecular complexity index is 458. The molecule has 1 aromatic rings. The molecule has 1 aliphatic rings. The molecule has 20 heavy (non-hydrogen) atoms. The first kappa shape index (κ1) is 14.9. The molecular formula is C16H24N2O2. The molecule has 1 amide bonds. The fraction of sp³-hybridized carbons (Fsp3) is 0.562. The first-order valence-electron chi connectivity index (χ1n) is 7.39. The van der Waals surface area contributed by atoms with Crippen LogP contribution in [0.5, 0.6) is 0 Å². The molecule has 0 aromatic heterocycles. The number of ether oxygens (including phenoxy) is 1. The maximum atomic E-state index is 12.0. The summed E-state index contributed by atoms with van der Waals surface area (Å²) < 4.78 is 5.45. The zero-order valence-electron chi connectivity index (χ0n) is 12.4. The van der Waals surface area contributed by atoms with Crippen LogP contribution in [-0.4, -0.2) is 32.2 Å². The SMILES string of the molecule is CC(C)COCCNC(=O)c1ccc2c(c1)CCCN2. The van der Waals surface area contributed by atoms with Crippen molar-refractivity contribution in [3.05, 3.63) is 29.3 Å². The van der Waals surface area contributed by atoms with Gasteiger partial charge in [0.05, 0.1) is 6.61 Å². The summed E-state index contributed by atoms with van der Waals surface area (Å²) in [5, 5.41) is 6.24. The molecule has 0 spiro atoms. The van der Waals surface area contributed by atoms with Crippen LogP contribution < -0.4 is 10.6 Å². The van der Waals surface area contributed by atoms with Gasteiger partial charge >= 0.3 is 0 Å². The minimum Gasteiger partial charge on any atom is -0.385 e. The van der Waals surface area contributed by atoms with Gasteiger partial charge in [-0.15, -0.1) is 0 Å². The fourth-order valence-electron chi connectivity index (χ4n) is 2.27. The number of hydrogen-bond donors (Lipinski definition) is 2. The van der Waals surface area contributed by atoms with E-state index in [-0.39, 0.29) is 5.91 Å². The molecule has 2 rings (SSSR count). The second kappa shape index (κ2) is 7.29. The molecule has 0 saturated carbocycles. The van der Waals surface area contributed by atoms with Crippen LogP contribution in [0, 0.1) is 5.92 Å². The number of carbonyl (C=O) groups is 1. The highest BCUT2D eigenvalue weighted by Gasteiger charge is 2.12. The van der Waals surface area contributed by atoms with Gasteiger partial charge in [-0.3, -0.25) is 4.79 Å². The maximum absolute atomic E-state index is 12.0. The van der Waals surface area contributed by atoms with Gasteiger partial charge in [0.1, 0.15) is 0 Å². The molecule has 0 aliphatic carbocycles. The van der Waals surface area contributed by atoms with Crippen molar-refractivity contribution >= 4 is 11.6 Å². The molecule has 0 fully saturated rings. The van der Waals surface area contributed by atoms with Crippen molar-refractivity contribution in [2.24, 2.45) is 5.92 Å². The van der Waals surface area contributed by atoms with Crippen molar-refractivity contribution in [2.75, 3.05) is 31.6 Å². The number of rotatable bonds is 6. The quantitative estimate of drug-likeness (QED) is 0.785. The van der Waals surface area contributed by atoms with Crippen molar-refractivity contribution in [1.82, 2.24) is 5.32 Å². The normalized spacial score (nSPS) is 13.8. The number of benzene rings is 1. The Kier molecular flexibility index (Phi) is 5.41. The van der Waals surface area contributed by atoms with E-state index >= 15 is 0 Å². The minimum atomic E-state index is -0.0217. The van der Waals surface area contributed by atoms with Crippen molar-refractivity contribution < 1.29 is 9.53 Å². The molecule has 0 bridgehead atoms. The third kappa shape index (κ3) is 4.23. The lowest BCUT2D eigenvalue weighted by molar-refractivity contribution is 0.0886. The van der Waals surface area contributed by atoms with Gasteiger partial charge in [-0.05, 0) is 42.5 Å². The van der Waals surface area contributed by atoms with Crippen molar-refractivity contribution in [3.63, 3.8) is 0 Å². The third-order valence-electron chi connectivity index (χ3n) is 3.29. The lowest BCUT2D eigenvalue weighted by Gasteiger charge is -2.18. The third-order valence-corrected chi connectivity index (χ3v) is 3.29. The Morgan fingerprint density at radius 1 is 1.45 bits per heavy atom. The average molecular weight is 276 g/mol. The monoisotopic (exact) mass is 276 g/mol. The summed E-state index contributed by atoms with van der Waals surface area (Å²) >= 11 is 0. The molecule has 1 aromatic carbocycles. The van der Waals surface area contributed by atoms with E-state index in [9.17, 15) is 4.79 Å². The number of fused-ring (bicyclic) bond motifs is 1. The Hall–Kier alpha value is -1.55. The van der Waals surface area contributed by atoms with Crippen LogP contribution in [0.25, 0.3) is 0 Å². The molecule has 0 radical (unpaired) electrons. The second-order valence-electron chi connectivity index (χ2n) is 5.63. The zero-order chi connectivity index (χ0) is 14.4. The van der Waals surface area contributed by atoms with Crippen LogP contribution in [-0.2, 0) is 11.2 Å². The Labute approximate surface area is 120 Å². The van der Waals surface area contributed by atoms with Gasteiger partial charge in [0.15, 0.2) is 0 Å². The van der Waals surface area contributed by atoms with E-state index in [1.54, 1.807) is 0 Å². The van der Waals surface area contributed by atoms with E-state index in [0.717, 1.165) is 37.2 Å².